The molecular formula is C24H42O2. The van der Waals surface area contributed by atoms with Crippen LogP contribution in [0.5, 0.6) is 5.75 Å². The van der Waals surface area contributed by atoms with Gasteiger partial charge in [0.2, 0.25) is 0 Å². The third-order valence-corrected chi connectivity index (χ3v) is 4.88. The minimum Gasteiger partial charge on any atom is -0.491 e. The second kappa shape index (κ2) is 17.4. The van der Waals surface area contributed by atoms with Crippen LogP contribution in [0.25, 0.3) is 0 Å². The Balaban J connectivity index is 1.96. The van der Waals surface area contributed by atoms with Gasteiger partial charge in [-0.15, -0.1) is 0 Å². The van der Waals surface area contributed by atoms with Crippen molar-refractivity contribution in [3.05, 3.63) is 29.8 Å². The zero-order chi connectivity index (χ0) is 18.7. The Labute approximate surface area is 162 Å². The first-order chi connectivity index (χ1) is 12.9. The summed E-state index contributed by atoms with van der Waals surface area (Å²) in [5, 5.41) is 0. The van der Waals surface area contributed by atoms with Gasteiger partial charge >= 0.3 is 0 Å². The number of rotatable bonds is 18. The van der Waals surface area contributed by atoms with E-state index in [1.54, 1.807) is 0 Å². The first-order valence-corrected chi connectivity index (χ1v) is 11.2. The molecule has 0 aliphatic rings. The van der Waals surface area contributed by atoms with E-state index in [9.17, 15) is 0 Å². The lowest BCUT2D eigenvalue weighted by Gasteiger charge is -2.08. The quantitative estimate of drug-likeness (QED) is 0.254. The SMILES string of the molecule is CCCCCCCCOCCOc1ccc(CCCCCCCC)cc1. The van der Waals surface area contributed by atoms with Crippen LogP contribution in [0.3, 0.4) is 0 Å². The van der Waals surface area contributed by atoms with Gasteiger partial charge in [0, 0.05) is 6.61 Å². The van der Waals surface area contributed by atoms with Crippen LogP contribution in [0, 0.1) is 0 Å². The lowest BCUT2D eigenvalue weighted by atomic mass is 10.0. The van der Waals surface area contributed by atoms with Crippen molar-refractivity contribution in [3.8, 4) is 5.75 Å². The summed E-state index contributed by atoms with van der Waals surface area (Å²) in [5.74, 6) is 0.958. The fraction of sp³-hybridized carbons (Fsp3) is 0.750. The third kappa shape index (κ3) is 13.2. The summed E-state index contributed by atoms with van der Waals surface area (Å²) in [4.78, 5) is 0. The molecule has 0 atom stereocenters. The van der Waals surface area contributed by atoms with Crippen molar-refractivity contribution >= 4 is 0 Å². The molecule has 0 fully saturated rings. The van der Waals surface area contributed by atoms with Crippen LogP contribution in [0.2, 0.25) is 0 Å². The maximum Gasteiger partial charge on any atom is 0.119 e. The number of hydrogen-bond donors (Lipinski definition) is 0. The summed E-state index contributed by atoms with van der Waals surface area (Å²) >= 11 is 0. The van der Waals surface area contributed by atoms with Crippen molar-refractivity contribution in [2.24, 2.45) is 0 Å². The van der Waals surface area contributed by atoms with E-state index in [1.807, 2.05) is 0 Å². The number of ether oxygens (including phenoxy) is 2. The van der Waals surface area contributed by atoms with Gasteiger partial charge in [0.05, 0.1) is 6.61 Å². The normalized spacial score (nSPS) is 11.0. The second-order valence-corrected chi connectivity index (χ2v) is 7.39. The van der Waals surface area contributed by atoms with Crippen molar-refractivity contribution in [1.29, 1.82) is 0 Å². The van der Waals surface area contributed by atoms with Crippen molar-refractivity contribution in [2.45, 2.75) is 97.3 Å². The van der Waals surface area contributed by atoms with Gasteiger partial charge in [-0.25, -0.2) is 0 Å². The molecule has 0 heterocycles. The molecule has 0 aliphatic heterocycles. The van der Waals surface area contributed by atoms with Gasteiger partial charge in [-0.1, -0.05) is 90.2 Å². The molecule has 150 valence electrons. The molecule has 0 radical (unpaired) electrons. The van der Waals surface area contributed by atoms with Crippen molar-refractivity contribution < 1.29 is 9.47 Å². The van der Waals surface area contributed by atoms with Gasteiger partial charge in [0.1, 0.15) is 12.4 Å². The third-order valence-electron chi connectivity index (χ3n) is 4.88. The highest BCUT2D eigenvalue weighted by molar-refractivity contribution is 5.27. The summed E-state index contributed by atoms with van der Waals surface area (Å²) in [6.07, 6.45) is 17.2. The maximum atomic E-state index is 5.77. The predicted molar refractivity (Wildman–Crippen MR) is 113 cm³/mol. The molecule has 0 spiro atoms. The fourth-order valence-electron chi connectivity index (χ4n) is 3.17. The van der Waals surface area contributed by atoms with E-state index in [-0.39, 0.29) is 0 Å². The van der Waals surface area contributed by atoms with Gasteiger partial charge in [0.15, 0.2) is 0 Å². The summed E-state index contributed by atoms with van der Waals surface area (Å²) in [6, 6.07) is 8.61. The van der Waals surface area contributed by atoms with Crippen LogP contribution in [0.15, 0.2) is 24.3 Å². The Morgan fingerprint density at radius 3 is 1.81 bits per heavy atom. The standard InChI is InChI=1S/C24H42O2/c1-3-5-7-9-11-13-15-23-16-18-24(19-17-23)26-22-21-25-20-14-12-10-8-6-4-2/h16-19H,3-15,20-22H2,1-2H3. The van der Waals surface area contributed by atoms with Crippen LogP contribution in [-0.2, 0) is 11.2 Å². The molecule has 1 rings (SSSR count). The first kappa shape index (κ1) is 23.0. The molecule has 0 amide bonds. The summed E-state index contributed by atoms with van der Waals surface area (Å²) in [7, 11) is 0. The van der Waals surface area contributed by atoms with Gasteiger partial charge in [-0.2, -0.15) is 0 Å². The first-order valence-electron chi connectivity index (χ1n) is 11.2. The Morgan fingerprint density at radius 2 is 1.15 bits per heavy atom. The summed E-state index contributed by atoms with van der Waals surface area (Å²) in [6.45, 7) is 6.73. The van der Waals surface area contributed by atoms with Crippen molar-refractivity contribution in [3.63, 3.8) is 0 Å². The van der Waals surface area contributed by atoms with Crippen LogP contribution < -0.4 is 4.74 Å². The van der Waals surface area contributed by atoms with E-state index in [0.29, 0.717) is 13.2 Å². The summed E-state index contributed by atoms with van der Waals surface area (Å²) < 4.78 is 11.4. The summed E-state index contributed by atoms with van der Waals surface area (Å²) in [5.41, 5.74) is 1.42. The molecular weight excluding hydrogens is 320 g/mol. The number of hydrogen-bond acceptors (Lipinski definition) is 2. The molecule has 0 aromatic heterocycles. The second-order valence-electron chi connectivity index (χ2n) is 7.39. The van der Waals surface area contributed by atoms with E-state index in [1.165, 1.54) is 89.0 Å². The van der Waals surface area contributed by atoms with Crippen LogP contribution >= 0.6 is 0 Å². The lowest BCUT2D eigenvalue weighted by molar-refractivity contribution is 0.0970. The van der Waals surface area contributed by atoms with Gasteiger partial charge in [-0.05, 0) is 37.0 Å². The molecule has 2 nitrogen and oxygen atoms in total. The van der Waals surface area contributed by atoms with E-state index in [2.05, 4.69) is 38.1 Å². The molecule has 0 unspecified atom stereocenters. The van der Waals surface area contributed by atoms with E-state index in [0.717, 1.165) is 12.4 Å². The Kier molecular flexibility index (Phi) is 15.4. The van der Waals surface area contributed by atoms with Gasteiger partial charge in [-0.3, -0.25) is 0 Å². The highest BCUT2D eigenvalue weighted by Crippen LogP contribution is 2.15. The lowest BCUT2D eigenvalue weighted by Crippen LogP contribution is -2.07. The van der Waals surface area contributed by atoms with E-state index < -0.39 is 0 Å². The Hall–Kier alpha value is -1.02. The molecule has 0 N–H and O–H groups in total. The van der Waals surface area contributed by atoms with Crippen molar-refractivity contribution in [2.75, 3.05) is 19.8 Å². The Bertz CT molecular complexity index is 399. The van der Waals surface area contributed by atoms with E-state index >= 15 is 0 Å². The molecule has 0 saturated carbocycles. The molecule has 0 saturated heterocycles. The van der Waals surface area contributed by atoms with Crippen LogP contribution in [0.1, 0.15) is 96.5 Å². The molecule has 1 aromatic rings. The number of aryl methyl sites for hydroxylation is 1. The van der Waals surface area contributed by atoms with E-state index in [4.69, 9.17) is 9.47 Å². The van der Waals surface area contributed by atoms with Gasteiger partial charge < -0.3 is 9.47 Å². The molecule has 26 heavy (non-hydrogen) atoms. The molecule has 0 bridgehead atoms. The largest absolute Gasteiger partial charge is 0.491 e. The Morgan fingerprint density at radius 1 is 0.577 bits per heavy atom. The highest BCUT2D eigenvalue weighted by atomic mass is 16.5. The minimum absolute atomic E-state index is 0.645. The molecule has 1 aromatic carbocycles. The monoisotopic (exact) mass is 362 g/mol. The average Bonchev–Trinajstić information content (AvgIpc) is 2.67. The minimum atomic E-state index is 0.645. The van der Waals surface area contributed by atoms with Crippen LogP contribution in [0.4, 0.5) is 0 Å². The van der Waals surface area contributed by atoms with Crippen molar-refractivity contribution in [1.82, 2.24) is 0 Å². The number of benzene rings is 1. The topological polar surface area (TPSA) is 18.5 Å². The zero-order valence-corrected chi connectivity index (χ0v) is 17.4. The zero-order valence-electron chi connectivity index (χ0n) is 17.4. The van der Waals surface area contributed by atoms with Crippen LogP contribution in [-0.4, -0.2) is 19.8 Å². The smallest absolute Gasteiger partial charge is 0.119 e. The van der Waals surface area contributed by atoms with Gasteiger partial charge in [0.25, 0.3) is 0 Å². The number of unbranched alkanes of at least 4 members (excludes halogenated alkanes) is 10. The maximum absolute atomic E-state index is 5.77. The highest BCUT2D eigenvalue weighted by Gasteiger charge is 1.98. The predicted octanol–water partition coefficient (Wildman–Crippen LogP) is 7.35. The molecule has 0 aliphatic carbocycles. The fourth-order valence-corrected chi connectivity index (χ4v) is 3.17. The molecule has 2 heteroatoms. The average molecular weight is 363 g/mol.